The van der Waals surface area contributed by atoms with Crippen LogP contribution in [-0.4, -0.2) is 31.6 Å². The second kappa shape index (κ2) is 8.15. The first kappa shape index (κ1) is 17.5. The fraction of sp³-hybridized carbons (Fsp3) is 0.211. The summed E-state index contributed by atoms with van der Waals surface area (Å²) in [5.74, 6) is 0.334. The summed E-state index contributed by atoms with van der Waals surface area (Å²) in [4.78, 5) is 14.2. The summed E-state index contributed by atoms with van der Waals surface area (Å²) < 4.78 is 24.5. The van der Waals surface area contributed by atoms with Gasteiger partial charge in [-0.15, -0.1) is 6.58 Å². The number of methoxy groups -OCH3 is 2. The van der Waals surface area contributed by atoms with E-state index >= 15 is 0 Å². The van der Waals surface area contributed by atoms with Crippen molar-refractivity contribution in [1.29, 1.82) is 0 Å². The number of nitrogens with zero attached hydrogens (tertiary/aromatic N) is 1. The smallest absolute Gasteiger partial charge is 0.257 e. The Bertz CT molecular complexity index is 730. The van der Waals surface area contributed by atoms with Crippen molar-refractivity contribution in [2.45, 2.75) is 6.54 Å². The van der Waals surface area contributed by atoms with Crippen molar-refractivity contribution in [3.05, 3.63) is 72.1 Å². The van der Waals surface area contributed by atoms with Gasteiger partial charge >= 0.3 is 0 Å². The molecule has 0 fully saturated rings. The van der Waals surface area contributed by atoms with Crippen LogP contribution in [0, 0.1) is 5.82 Å². The Morgan fingerprint density at radius 3 is 2.58 bits per heavy atom. The van der Waals surface area contributed by atoms with E-state index in [4.69, 9.17) is 9.47 Å². The maximum atomic E-state index is 13.9. The minimum absolute atomic E-state index is 0.0289. The highest BCUT2D eigenvalue weighted by Gasteiger charge is 2.20. The molecular weight excluding hydrogens is 309 g/mol. The summed E-state index contributed by atoms with van der Waals surface area (Å²) in [6, 6.07) is 11.3. The zero-order chi connectivity index (χ0) is 17.5. The molecule has 0 saturated heterocycles. The zero-order valence-electron chi connectivity index (χ0n) is 13.8. The van der Waals surface area contributed by atoms with Crippen LogP contribution in [0.2, 0.25) is 0 Å². The number of amides is 1. The zero-order valence-corrected chi connectivity index (χ0v) is 13.8. The topological polar surface area (TPSA) is 38.8 Å². The summed E-state index contributed by atoms with van der Waals surface area (Å²) in [5.41, 5.74) is 0.796. The van der Waals surface area contributed by atoms with Crippen molar-refractivity contribution in [3.63, 3.8) is 0 Å². The van der Waals surface area contributed by atoms with Crippen molar-refractivity contribution in [2.75, 3.05) is 20.8 Å². The lowest BCUT2D eigenvalue weighted by Gasteiger charge is -2.23. The number of halogens is 1. The molecule has 0 atom stereocenters. The third-order valence-corrected chi connectivity index (χ3v) is 3.59. The van der Waals surface area contributed by atoms with Gasteiger partial charge in [-0.05, 0) is 30.3 Å². The monoisotopic (exact) mass is 329 g/mol. The minimum Gasteiger partial charge on any atom is -0.497 e. The summed E-state index contributed by atoms with van der Waals surface area (Å²) in [7, 11) is 3.12. The Hall–Kier alpha value is -2.82. The second-order valence-electron chi connectivity index (χ2n) is 5.13. The van der Waals surface area contributed by atoms with Gasteiger partial charge in [-0.3, -0.25) is 4.79 Å². The highest BCUT2D eigenvalue weighted by atomic mass is 19.1. The highest BCUT2D eigenvalue weighted by molar-refractivity contribution is 5.94. The predicted octanol–water partition coefficient (Wildman–Crippen LogP) is 3.67. The molecule has 0 N–H and O–H groups in total. The van der Waals surface area contributed by atoms with Crippen LogP contribution in [0.5, 0.6) is 11.5 Å². The Kier molecular flexibility index (Phi) is 5.95. The van der Waals surface area contributed by atoms with Crippen LogP contribution in [0.4, 0.5) is 4.39 Å². The summed E-state index contributed by atoms with van der Waals surface area (Å²) in [6.07, 6.45) is 1.60. The fourth-order valence-electron chi connectivity index (χ4n) is 2.39. The van der Waals surface area contributed by atoms with Crippen LogP contribution in [0.1, 0.15) is 15.9 Å². The van der Waals surface area contributed by atoms with Gasteiger partial charge in [-0.1, -0.05) is 18.2 Å². The highest BCUT2D eigenvalue weighted by Crippen LogP contribution is 2.26. The van der Waals surface area contributed by atoms with E-state index in [1.165, 1.54) is 17.0 Å². The second-order valence-corrected chi connectivity index (χ2v) is 5.13. The summed E-state index contributed by atoms with van der Waals surface area (Å²) >= 11 is 0. The number of hydrogen-bond donors (Lipinski definition) is 0. The standard InChI is InChI=1S/C19H20FNO3/c1-4-11-21(19(22)16-7-5-6-8-17(16)20)13-14-12-15(23-2)9-10-18(14)24-3/h4-10,12H,1,11,13H2,2-3H3. The van der Waals surface area contributed by atoms with Gasteiger partial charge in [0.1, 0.15) is 17.3 Å². The number of hydrogen-bond acceptors (Lipinski definition) is 3. The molecule has 2 rings (SSSR count). The minimum atomic E-state index is -0.547. The average Bonchev–Trinajstić information content (AvgIpc) is 2.61. The molecule has 4 nitrogen and oxygen atoms in total. The van der Waals surface area contributed by atoms with E-state index in [2.05, 4.69) is 6.58 Å². The Labute approximate surface area is 141 Å². The van der Waals surface area contributed by atoms with E-state index in [9.17, 15) is 9.18 Å². The van der Waals surface area contributed by atoms with Gasteiger partial charge in [-0.25, -0.2) is 4.39 Å². The van der Waals surface area contributed by atoms with E-state index in [1.807, 2.05) is 0 Å². The number of benzene rings is 2. The number of ether oxygens (including phenoxy) is 2. The molecule has 24 heavy (non-hydrogen) atoms. The third-order valence-electron chi connectivity index (χ3n) is 3.59. The molecule has 0 aromatic heterocycles. The molecule has 0 spiro atoms. The Morgan fingerprint density at radius 2 is 1.96 bits per heavy atom. The molecule has 0 saturated carbocycles. The van der Waals surface area contributed by atoms with Crippen LogP contribution in [0.25, 0.3) is 0 Å². The summed E-state index contributed by atoms with van der Waals surface area (Å²) in [6.45, 7) is 4.21. The maximum Gasteiger partial charge on any atom is 0.257 e. The Balaban J connectivity index is 2.33. The van der Waals surface area contributed by atoms with Crippen LogP contribution >= 0.6 is 0 Å². The SMILES string of the molecule is C=CCN(Cc1cc(OC)ccc1OC)C(=O)c1ccccc1F. The summed E-state index contributed by atoms with van der Waals surface area (Å²) in [5, 5.41) is 0. The molecule has 0 heterocycles. The van der Waals surface area contributed by atoms with Gasteiger partial charge in [-0.2, -0.15) is 0 Å². The van der Waals surface area contributed by atoms with Gasteiger partial charge < -0.3 is 14.4 Å². The first-order valence-corrected chi connectivity index (χ1v) is 7.46. The van der Waals surface area contributed by atoms with Crippen LogP contribution in [0.3, 0.4) is 0 Å². The van der Waals surface area contributed by atoms with E-state index < -0.39 is 11.7 Å². The molecule has 5 heteroatoms. The van der Waals surface area contributed by atoms with Crippen molar-refractivity contribution in [2.24, 2.45) is 0 Å². The molecular formula is C19H20FNO3. The first-order chi connectivity index (χ1) is 11.6. The third kappa shape index (κ3) is 3.93. The van der Waals surface area contributed by atoms with Crippen LogP contribution in [-0.2, 0) is 6.54 Å². The van der Waals surface area contributed by atoms with E-state index in [-0.39, 0.29) is 18.7 Å². The van der Waals surface area contributed by atoms with Crippen molar-refractivity contribution >= 4 is 5.91 Å². The predicted molar refractivity (Wildman–Crippen MR) is 90.9 cm³/mol. The lowest BCUT2D eigenvalue weighted by Crippen LogP contribution is -2.31. The molecule has 126 valence electrons. The van der Waals surface area contributed by atoms with Crippen molar-refractivity contribution in [3.8, 4) is 11.5 Å². The Morgan fingerprint density at radius 1 is 1.21 bits per heavy atom. The normalized spacial score (nSPS) is 10.1. The number of rotatable bonds is 7. The van der Waals surface area contributed by atoms with Gasteiger partial charge in [0, 0.05) is 12.1 Å². The van der Waals surface area contributed by atoms with Crippen molar-refractivity contribution in [1.82, 2.24) is 4.90 Å². The molecule has 0 radical (unpaired) electrons. The molecule has 0 aliphatic rings. The quantitative estimate of drug-likeness (QED) is 0.728. The first-order valence-electron chi connectivity index (χ1n) is 7.46. The van der Waals surface area contributed by atoms with E-state index in [0.29, 0.717) is 11.5 Å². The molecule has 0 aliphatic carbocycles. The molecule has 0 aliphatic heterocycles. The maximum absolute atomic E-state index is 13.9. The number of carbonyl (C=O) groups excluding carboxylic acids is 1. The molecule has 1 amide bonds. The van der Waals surface area contributed by atoms with E-state index in [1.54, 1.807) is 50.6 Å². The van der Waals surface area contributed by atoms with Gasteiger partial charge in [0.15, 0.2) is 0 Å². The van der Waals surface area contributed by atoms with Gasteiger partial charge in [0.25, 0.3) is 5.91 Å². The number of carbonyl (C=O) groups is 1. The van der Waals surface area contributed by atoms with Gasteiger partial charge in [0.2, 0.25) is 0 Å². The molecule has 0 bridgehead atoms. The largest absolute Gasteiger partial charge is 0.497 e. The van der Waals surface area contributed by atoms with Gasteiger partial charge in [0.05, 0.1) is 26.3 Å². The van der Waals surface area contributed by atoms with Crippen LogP contribution < -0.4 is 9.47 Å². The van der Waals surface area contributed by atoms with Crippen LogP contribution in [0.15, 0.2) is 55.1 Å². The average molecular weight is 329 g/mol. The lowest BCUT2D eigenvalue weighted by atomic mass is 10.1. The lowest BCUT2D eigenvalue weighted by molar-refractivity contribution is 0.0757. The fourth-order valence-corrected chi connectivity index (χ4v) is 2.39. The molecule has 0 unspecified atom stereocenters. The van der Waals surface area contributed by atoms with E-state index in [0.717, 1.165) is 5.56 Å². The molecule has 2 aromatic carbocycles. The van der Waals surface area contributed by atoms with Crippen molar-refractivity contribution < 1.29 is 18.7 Å². The molecule has 2 aromatic rings.